The number of aryl methyl sites for hydroxylation is 1. The van der Waals surface area contributed by atoms with Crippen LogP contribution in [0.25, 0.3) is 10.8 Å². The average molecular weight is 200 g/mol. The van der Waals surface area contributed by atoms with Crippen LogP contribution in [0.3, 0.4) is 0 Å². The SMILES string of the molecule is CCOc1ccc2cccc(CC)c2c1. The van der Waals surface area contributed by atoms with E-state index in [0.717, 1.165) is 18.8 Å². The Morgan fingerprint density at radius 2 is 1.93 bits per heavy atom. The molecule has 78 valence electrons. The van der Waals surface area contributed by atoms with Gasteiger partial charge in [0, 0.05) is 0 Å². The zero-order chi connectivity index (χ0) is 10.7. The second-order valence-corrected chi connectivity index (χ2v) is 3.59. The van der Waals surface area contributed by atoms with Crippen molar-refractivity contribution < 1.29 is 4.74 Å². The van der Waals surface area contributed by atoms with Crippen LogP contribution in [0.4, 0.5) is 0 Å². The number of fused-ring (bicyclic) bond motifs is 1. The summed E-state index contributed by atoms with van der Waals surface area (Å²) in [4.78, 5) is 0. The van der Waals surface area contributed by atoms with Crippen molar-refractivity contribution >= 4 is 10.8 Å². The highest BCUT2D eigenvalue weighted by atomic mass is 16.5. The molecule has 0 aliphatic carbocycles. The highest BCUT2D eigenvalue weighted by molar-refractivity contribution is 5.87. The van der Waals surface area contributed by atoms with Gasteiger partial charge in [-0.1, -0.05) is 31.2 Å². The summed E-state index contributed by atoms with van der Waals surface area (Å²) in [5, 5.41) is 2.60. The Kier molecular flexibility index (Phi) is 2.91. The lowest BCUT2D eigenvalue weighted by atomic mass is 10.0. The first-order valence-corrected chi connectivity index (χ1v) is 5.49. The second-order valence-electron chi connectivity index (χ2n) is 3.59. The molecule has 15 heavy (non-hydrogen) atoms. The lowest BCUT2D eigenvalue weighted by Crippen LogP contribution is -1.91. The average Bonchev–Trinajstić information content (AvgIpc) is 2.28. The maximum atomic E-state index is 5.51. The molecular formula is C14H16O. The van der Waals surface area contributed by atoms with Crippen LogP contribution in [0, 0.1) is 0 Å². The standard InChI is InChI=1S/C14H16O/c1-3-11-6-5-7-12-8-9-13(15-4-2)10-14(11)12/h5-10H,3-4H2,1-2H3. The van der Waals surface area contributed by atoms with Gasteiger partial charge in [-0.2, -0.15) is 0 Å². The highest BCUT2D eigenvalue weighted by Gasteiger charge is 2.00. The molecule has 0 radical (unpaired) electrons. The number of hydrogen-bond acceptors (Lipinski definition) is 1. The Morgan fingerprint density at radius 1 is 1.07 bits per heavy atom. The summed E-state index contributed by atoms with van der Waals surface area (Å²) in [5.41, 5.74) is 1.38. The van der Waals surface area contributed by atoms with E-state index in [0.29, 0.717) is 0 Å². The molecule has 0 aliphatic heterocycles. The van der Waals surface area contributed by atoms with E-state index in [1.807, 2.05) is 13.0 Å². The van der Waals surface area contributed by atoms with Crippen molar-refractivity contribution in [1.29, 1.82) is 0 Å². The van der Waals surface area contributed by atoms with Gasteiger partial charge in [-0.05, 0) is 41.8 Å². The number of rotatable bonds is 3. The molecule has 0 unspecified atom stereocenters. The van der Waals surface area contributed by atoms with Gasteiger partial charge in [0.15, 0.2) is 0 Å². The van der Waals surface area contributed by atoms with Crippen molar-refractivity contribution in [3.05, 3.63) is 42.0 Å². The number of hydrogen-bond donors (Lipinski definition) is 0. The number of ether oxygens (including phenoxy) is 1. The third-order valence-electron chi connectivity index (χ3n) is 2.64. The Bertz CT molecular complexity index is 460. The predicted molar refractivity (Wildman–Crippen MR) is 64.5 cm³/mol. The van der Waals surface area contributed by atoms with Gasteiger partial charge >= 0.3 is 0 Å². The van der Waals surface area contributed by atoms with Crippen molar-refractivity contribution in [2.75, 3.05) is 6.61 Å². The van der Waals surface area contributed by atoms with Crippen LogP contribution in [0.5, 0.6) is 5.75 Å². The first-order valence-electron chi connectivity index (χ1n) is 5.49. The van der Waals surface area contributed by atoms with Gasteiger partial charge < -0.3 is 4.74 Å². The number of benzene rings is 2. The Morgan fingerprint density at radius 3 is 2.67 bits per heavy atom. The molecule has 0 aliphatic rings. The largest absolute Gasteiger partial charge is 0.494 e. The van der Waals surface area contributed by atoms with E-state index in [-0.39, 0.29) is 0 Å². The summed E-state index contributed by atoms with van der Waals surface area (Å²) in [5.74, 6) is 0.964. The van der Waals surface area contributed by atoms with Crippen molar-refractivity contribution in [2.24, 2.45) is 0 Å². The molecule has 0 bridgehead atoms. The summed E-state index contributed by atoms with van der Waals surface area (Å²) in [6.45, 7) is 4.91. The molecular weight excluding hydrogens is 184 g/mol. The van der Waals surface area contributed by atoms with Crippen LogP contribution < -0.4 is 4.74 Å². The molecule has 2 rings (SSSR count). The Labute approximate surface area is 90.7 Å². The molecule has 0 heterocycles. The third kappa shape index (κ3) is 1.96. The van der Waals surface area contributed by atoms with Crippen LogP contribution in [0.15, 0.2) is 36.4 Å². The second kappa shape index (κ2) is 4.35. The zero-order valence-electron chi connectivity index (χ0n) is 9.29. The van der Waals surface area contributed by atoms with Gasteiger partial charge in [0.1, 0.15) is 5.75 Å². The minimum absolute atomic E-state index is 0.722. The van der Waals surface area contributed by atoms with Crippen molar-refractivity contribution in [1.82, 2.24) is 0 Å². The van der Waals surface area contributed by atoms with E-state index in [9.17, 15) is 0 Å². The molecule has 1 heteroatoms. The van der Waals surface area contributed by atoms with E-state index in [4.69, 9.17) is 4.74 Å². The van der Waals surface area contributed by atoms with Gasteiger partial charge in [0.25, 0.3) is 0 Å². The summed E-state index contributed by atoms with van der Waals surface area (Å²) in [7, 11) is 0. The van der Waals surface area contributed by atoms with Gasteiger partial charge in [-0.15, -0.1) is 0 Å². The van der Waals surface area contributed by atoms with Gasteiger partial charge in [0.2, 0.25) is 0 Å². The normalized spacial score (nSPS) is 10.5. The van der Waals surface area contributed by atoms with E-state index >= 15 is 0 Å². The minimum atomic E-state index is 0.722. The summed E-state index contributed by atoms with van der Waals surface area (Å²) in [6.07, 6.45) is 1.06. The van der Waals surface area contributed by atoms with Gasteiger partial charge in [-0.25, -0.2) is 0 Å². The summed E-state index contributed by atoms with van der Waals surface area (Å²) in [6, 6.07) is 12.7. The lowest BCUT2D eigenvalue weighted by molar-refractivity contribution is 0.340. The lowest BCUT2D eigenvalue weighted by Gasteiger charge is -2.07. The highest BCUT2D eigenvalue weighted by Crippen LogP contribution is 2.24. The fourth-order valence-electron chi connectivity index (χ4n) is 1.88. The zero-order valence-corrected chi connectivity index (χ0v) is 9.29. The van der Waals surface area contributed by atoms with E-state index in [1.54, 1.807) is 0 Å². The smallest absolute Gasteiger partial charge is 0.119 e. The fourth-order valence-corrected chi connectivity index (χ4v) is 1.88. The van der Waals surface area contributed by atoms with Gasteiger partial charge in [0.05, 0.1) is 6.61 Å². The van der Waals surface area contributed by atoms with Crippen molar-refractivity contribution in [2.45, 2.75) is 20.3 Å². The van der Waals surface area contributed by atoms with Crippen LogP contribution >= 0.6 is 0 Å². The van der Waals surface area contributed by atoms with E-state index in [2.05, 4.69) is 37.3 Å². The van der Waals surface area contributed by atoms with Crippen molar-refractivity contribution in [3.8, 4) is 5.75 Å². The van der Waals surface area contributed by atoms with Crippen molar-refractivity contribution in [3.63, 3.8) is 0 Å². The maximum absolute atomic E-state index is 5.51. The molecule has 0 fully saturated rings. The Hall–Kier alpha value is -1.50. The van der Waals surface area contributed by atoms with Gasteiger partial charge in [-0.3, -0.25) is 0 Å². The Balaban J connectivity index is 2.57. The molecule has 0 spiro atoms. The molecule has 0 amide bonds. The third-order valence-corrected chi connectivity index (χ3v) is 2.64. The topological polar surface area (TPSA) is 9.23 Å². The molecule has 0 saturated carbocycles. The van der Waals surface area contributed by atoms with Crippen LogP contribution in [0.2, 0.25) is 0 Å². The molecule has 0 aromatic heterocycles. The first kappa shape index (κ1) is 10.0. The first-order chi connectivity index (χ1) is 7.35. The molecule has 0 atom stereocenters. The molecule has 0 saturated heterocycles. The molecule has 2 aromatic carbocycles. The minimum Gasteiger partial charge on any atom is -0.494 e. The van der Waals surface area contributed by atoms with Crippen LogP contribution in [0.1, 0.15) is 19.4 Å². The molecule has 1 nitrogen and oxygen atoms in total. The summed E-state index contributed by atoms with van der Waals surface area (Å²) < 4.78 is 5.51. The monoisotopic (exact) mass is 200 g/mol. The quantitative estimate of drug-likeness (QED) is 0.732. The molecule has 0 N–H and O–H groups in total. The molecule has 2 aromatic rings. The van der Waals surface area contributed by atoms with E-state index < -0.39 is 0 Å². The maximum Gasteiger partial charge on any atom is 0.119 e. The van der Waals surface area contributed by atoms with E-state index in [1.165, 1.54) is 16.3 Å². The predicted octanol–water partition coefficient (Wildman–Crippen LogP) is 3.80. The fraction of sp³-hybridized carbons (Fsp3) is 0.286. The van der Waals surface area contributed by atoms with Crippen LogP contribution in [-0.4, -0.2) is 6.61 Å². The summed E-state index contributed by atoms with van der Waals surface area (Å²) >= 11 is 0. The van der Waals surface area contributed by atoms with Crippen LogP contribution in [-0.2, 0) is 6.42 Å².